The van der Waals surface area contributed by atoms with E-state index in [0.717, 1.165) is 4.90 Å². The minimum atomic E-state index is -0.516. The molecule has 32 heavy (non-hydrogen) atoms. The maximum absolute atomic E-state index is 13.0. The summed E-state index contributed by atoms with van der Waals surface area (Å²) in [5.41, 5.74) is 1.49. The summed E-state index contributed by atoms with van der Waals surface area (Å²) in [6.07, 6.45) is 1.49. The Morgan fingerprint density at radius 1 is 1.00 bits per heavy atom. The molecule has 0 aromatic heterocycles. The quantitative estimate of drug-likeness (QED) is 0.319. The van der Waals surface area contributed by atoms with Gasteiger partial charge in [0.15, 0.2) is 0 Å². The zero-order chi connectivity index (χ0) is 22.9. The number of hydrogen-bond acceptors (Lipinski definition) is 4. The second kappa shape index (κ2) is 11.4. The smallest absolute Gasteiger partial charge is 0.272 e. The van der Waals surface area contributed by atoms with Crippen molar-refractivity contribution in [1.29, 1.82) is 5.26 Å². The Morgan fingerprint density at radius 3 is 2.38 bits per heavy atom. The van der Waals surface area contributed by atoms with Crippen LogP contribution in [0.15, 0.2) is 83.4 Å². The van der Waals surface area contributed by atoms with E-state index in [-0.39, 0.29) is 5.70 Å². The molecule has 0 heterocycles. The number of benzene rings is 3. The molecule has 0 radical (unpaired) electrons. The maximum atomic E-state index is 13.0. The third-order valence-electron chi connectivity index (χ3n) is 4.21. The van der Waals surface area contributed by atoms with Gasteiger partial charge in [-0.1, -0.05) is 47.5 Å². The molecule has 0 bridgehead atoms. The van der Waals surface area contributed by atoms with Gasteiger partial charge in [0, 0.05) is 26.2 Å². The topological polar surface area (TPSA) is 82.0 Å². The van der Waals surface area contributed by atoms with E-state index in [4.69, 9.17) is 28.5 Å². The fraction of sp³-hybridized carbons (Fsp3) is 0.0417. The van der Waals surface area contributed by atoms with Crippen LogP contribution in [0.4, 0.5) is 5.69 Å². The normalized spacial score (nSPS) is 10.8. The molecule has 8 heteroatoms. The summed E-state index contributed by atoms with van der Waals surface area (Å²) < 4.78 is 0. The first-order valence-electron chi connectivity index (χ1n) is 9.40. The SMILES string of the molecule is N#CCSc1ccc(NC(=O)/C(=C/c2ccc(Cl)cc2Cl)NC(=O)c2ccccc2)cc1. The molecule has 160 valence electrons. The predicted molar refractivity (Wildman–Crippen MR) is 130 cm³/mol. The lowest BCUT2D eigenvalue weighted by atomic mass is 10.1. The third kappa shape index (κ3) is 6.63. The van der Waals surface area contributed by atoms with E-state index in [2.05, 4.69) is 16.7 Å². The predicted octanol–water partition coefficient (Wildman–Crippen LogP) is 6.02. The molecule has 0 spiro atoms. The molecule has 3 aromatic rings. The van der Waals surface area contributed by atoms with Gasteiger partial charge >= 0.3 is 0 Å². The fourth-order valence-electron chi connectivity index (χ4n) is 2.67. The number of anilines is 1. The van der Waals surface area contributed by atoms with Gasteiger partial charge in [-0.3, -0.25) is 9.59 Å². The van der Waals surface area contributed by atoms with E-state index < -0.39 is 11.8 Å². The van der Waals surface area contributed by atoms with Gasteiger partial charge in [0.25, 0.3) is 11.8 Å². The number of carbonyl (C=O) groups is 2. The Labute approximate surface area is 200 Å². The molecule has 0 atom stereocenters. The van der Waals surface area contributed by atoms with Crippen LogP contribution in [0.3, 0.4) is 0 Å². The van der Waals surface area contributed by atoms with Crippen LogP contribution in [0.1, 0.15) is 15.9 Å². The summed E-state index contributed by atoms with van der Waals surface area (Å²) in [5, 5.41) is 14.9. The highest BCUT2D eigenvalue weighted by Gasteiger charge is 2.16. The zero-order valence-electron chi connectivity index (χ0n) is 16.6. The standard InChI is InChI=1S/C24H17Cl2N3O2S/c25-18-7-6-17(21(26)15-18)14-22(29-23(30)16-4-2-1-3-5-16)24(31)28-19-8-10-20(11-9-19)32-13-12-27/h1-11,14-15H,13H2,(H,28,31)(H,29,30)/b22-14-. The molecule has 5 nitrogen and oxygen atoms in total. The van der Waals surface area contributed by atoms with Crippen LogP contribution in [-0.4, -0.2) is 17.6 Å². The van der Waals surface area contributed by atoms with Crippen molar-refractivity contribution in [3.63, 3.8) is 0 Å². The lowest BCUT2D eigenvalue weighted by molar-refractivity contribution is -0.113. The molecule has 3 aromatic carbocycles. The van der Waals surface area contributed by atoms with E-state index in [1.165, 1.54) is 17.8 Å². The number of halogens is 2. The summed E-state index contributed by atoms with van der Waals surface area (Å²) in [7, 11) is 0. The largest absolute Gasteiger partial charge is 0.321 e. The molecule has 0 fully saturated rings. The van der Waals surface area contributed by atoms with Crippen LogP contribution in [0.5, 0.6) is 0 Å². The summed E-state index contributed by atoms with van der Waals surface area (Å²) in [5.74, 6) is -0.607. The van der Waals surface area contributed by atoms with Crippen LogP contribution in [0.25, 0.3) is 6.08 Å². The molecular weight excluding hydrogens is 465 g/mol. The van der Waals surface area contributed by atoms with Crippen molar-refractivity contribution in [1.82, 2.24) is 5.32 Å². The van der Waals surface area contributed by atoms with Crippen LogP contribution in [-0.2, 0) is 4.79 Å². The number of nitrogens with one attached hydrogen (secondary N) is 2. The zero-order valence-corrected chi connectivity index (χ0v) is 19.0. The minimum Gasteiger partial charge on any atom is -0.321 e. The third-order valence-corrected chi connectivity index (χ3v) is 5.65. The van der Waals surface area contributed by atoms with Crippen LogP contribution in [0, 0.1) is 11.3 Å². The van der Waals surface area contributed by atoms with Crippen LogP contribution in [0.2, 0.25) is 10.0 Å². The number of thioether (sulfide) groups is 1. The van der Waals surface area contributed by atoms with Crippen molar-refractivity contribution < 1.29 is 9.59 Å². The Kier molecular flexibility index (Phi) is 8.34. The van der Waals surface area contributed by atoms with E-state index in [0.29, 0.717) is 32.6 Å². The average Bonchev–Trinajstić information content (AvgIpc) is 2.80. The highest BCUT2D eigenvalue weighted by Crippen LogP contribution is 2.24. The number of amides is 2. The van der Waals surface area contributed by atoms with Crippen LogP contribution < -0.4 is 10.6 Å². The molecule has 0 saturated heterocycles. The van der Waals surface area contributed by atoms with Gasteiger partial charge in [-0.15, -0.1) is 11.8 Å². The molecule has 2 amide bonds. The van der Waals surface area contributed by atoms with Crippen molar-refractivity contribution in [3.05, 3.63) is 99.7 Å². The van der Waals surface area contributed by atoms with Gasteiger partial charge in [-0.05, 0) is 60.2 Å². The number of carbonyl (C=O) groups excluding carboxylic acids is 2. The van der Waals surface area contributed by atoms with E-state index in [1.807, 2.05) is 0 Å². The molecule has 0 aliphatic rings. The molecule has 0 saturated carbocycles. The number of rotatable bonds is 7. The van der Waals surface area contributed by atoms with Gasteiger partial charge in [0.05, 0.1) is 11.8 Å². The summed E-state index contributed by atoms with van der Waals surface area (Å²) in [6, 6.07) is 22.6. The Bertz CT molecular complexity index is 1190. The fourth-order valence-corrected chi connectivity index (χ4v) is 3.69. The highest BCUT2D eigenvalue weighted by atomic mass is 35.5. The monoisotopic (exact) mass is 481 g/mol. The molecule has 0 unspecified atom stereocenters. The first-order valence-corrected chi connectivity index (χ1v) is 11.1. The van der Waals surface area contributed by atoms with Crippen molar-refractivity contribution in [2.24, 2.45) is 0 Å². The van der Waals surface area contributed by atoms with Gasteiger partial charge in [0.1, 0.15) is 5.70 Å². The van der Waals surface area contributed by atoms with E-state index in [9.17, 15) is 9.59 Å². The van der Waals surface area contributed by atoms with Gasteiger partial charge in [-0.25, -0.2) is 0 Å². The summed E-state index contributed by atoms with van der Waals surface area (Å²) >= 11 is 13.6. The average molecular weight is 482 g/mol. The van der Waals surface area contributed by atoms with E-state index in [1.54, 1.807) is 72.8 Å². The first-order chi connectivity index (χ1) is 15.5. The molecule has 0 aliphatic heterocycles. The molecule has 0 aliphatic carbocycles. The Hall–Kier alpha value is -3.24. The lowest BCUT2D eigenvalue weighted by Crippen LogP contribution is -2.30. The Morgan fingerprint density at radius 2 is 1.72 bits per heavy atom. The second-order valence-electron chi connectivity index (χ2n) is 6.47. The van der Waals surface area contributed by atoms with Gasteiger partial charge < -0.3 is 10.6 Å². The number of hydrogen-bond donors (Lipinski definition) is 2. The van der Waals surface area contributed by atoms with Gasteiger partial charge in [-0.2, -0.15) is 5.26 Å². The molecule has 2 N–H and O–H groups in total. The Balaban J connectivity index is 1.85. The summed E-state index contributed by atoms with van der Waals surface area (Å²) in [6.45, 7) is 0. The lowest BCUT2D eigenvalue weighted by Gasteiger charge is -2.12. The summed E-state index contributed by atoms with van der Waals surface area (Å²) in [4.78, 5) is 26.6. The minimum absolute atomic E-state index is 0.0195. The van der Waals surface area contributed by atoms with Crippen molar-refractivity contribution >= 4 is 58.5 Å². The highest BCUT2D eigenvalue weighted by molar-refractivity contribution is 7.99. The molecule has 3 rings (SSSR count). The number of nitriles is 1. The molecular formula is C24H17Cl2N3O2S. The van der Waals surface area contributed by atoms with Crippen LogP contribution >= 0.6 is 35.0 Å². The number of nitrogens with zero attached hydrogens (tertiary/aromatic N) is 1. The van der Waals surface area contributed by atoms with Crippen molar-refractivity contribution in [2.75, 3.05) is 11.1 Å². The first kappa shape index (κ1) is 23.4. The van der Waals surface area contributed by atoms with Crippen molar-refractivity contribution in [3.8, 4) is 6.07 Å². The van der Waals surface area contributed by atoms with Gasteiger partial charge in [0.2, 0.25) is 0 Å². The van der Waals surface area contributed by atoms with E-state index >= 15 is 0 Å². The maximum Gasteiger partial charge on any atom is 0.272 e. The van der Waals surface area contributed by atoms with Crippen molar-refractivity contribution in [2.45, 2.75) is 4.90 Å². The second-order valence-corrected chi connectivity index (χ2v) is 8.36.